The van der Waals surface area contributed by atoms with Crippen LogP contribution in [0.25, 0.3) is 0 Å². The highest BCUT2D eigenvalue weighted by atomic mass is 127. The van der Waals surface area contributed by atoms with Crippen LogP contribution in [0.4, 0.5) is 0 Å². The van der Waals surface area contributed by atoms with Gasteiger partial charge in [0.1, 0.15) is 5.82 Å². The molecule has 1 aromatic heterocycles. The lowest BCUT2D eigenvalue weighted by Gasteiger charge is -2.26. The summed E-state index contributed by atoms with van der Waals surface area (Å²) >= 11 is 2.03. The fraction of sp³-hybridized carbons (Fsp3) is 0.636. The summed E-state index contributed by atoms with van der Waals surface area (Å²) in [6.07, 6.45) is 1.63. The van der Waals surface area contributed by atoms with E-state index in [9.17, 15) is 4.79 Å². The summed E-state index contributed by atoms with van der Waals surface area (Å²) < 4.78 is 7.72. The lowest BCUT2D eigenvalue weighted by molar-refractivity contribution is 0.0361. The molecule has 0 spiro atoms. The Morgan fingerprint density at radius 2 is 2.12 bits per heavy atom. The van der Waals surface area contributed by atoms with Gasteiger partial charge in [-0.2, -0.15) is 0 Å². The van der Waals surface area contributed by atoms with Crippen molar-refractivity contribution in [1.82, 2.24) is 14.5 Å². The Morgan fingerprint density at radius 3 is 2.82 bits per heavy atom. The average Bonchev–Trinajstić information content (AvgIpc) is 2.35. The zero-order valence-electron chi connectivity index (χ0n) is 9.86. The second kappa shape index (κ2) is 5.92. The molecule has 6 heteroatoms. The van der Waals surface area contributed by atoms with Crippen molar-refractivity contribution in [2.45, 2.75) is 13.5 Å². The summed E-state index contributed by atoms with van der Waals surface area (Å²) in [5, 5.41) is 0. The van der Waals surface area contributed by atoms with Crippen LogP contribution in [0.2, 0.25) is 0 Å². The third kappa shape index (κ3) is 3.26. The number of hydrogen-bond donors (Lipinski definition) is 0. The van der Waals surface area contributed by atoms with Crippen molar-refractivity contribution >= 4 is 22.6 Å². The zero-order chi connectivity index (χ0) is 12.3. The lowest BCUT2D eigenvalue weighted by atomic mass is 10.4. The Labute approximate surface area is 114 Å². The van der Waals surface area contributed by atoms with Crippen LogP contribution in [0.3, 0.4) is 0 Å². The molecular weight excluding hydrogens is 333 g/mol. The highest BCUT2D eigenvalue weighted by Gasteiger charge is 2.11. The Balaban J connectivity index is 2.03. The van der Waals surface area contributed by atoms with Crippen LogP contribution in [-0.4, -0.2) is 47.3 Å². The minimum absolute atomic E-state index is 0.0614. The van der Waals surface area contributed by atoms with Gasteiger partial charge >= 0.3 is 0 Å². The number of ether oxygens (including phenoxy) is 1. The van der Waals surface area contributed by atoms with Gasteiger partial charge in [-0.05, 0) is 29.5 Å². The van der Waals surface area contributed by atoms with Gasteiger partial charge in [0.05, 0.1) is 16.8 Å². The SMILES string of the molecule is Cc1ncc(I)c(=O)n1CCN1CCOCC1. The first-order valence-electron chi connectivity index (χ1n) is 5.70. The Kier molecular flexibility index (Phi) is 4.52. The van der Waals surface area contributed by atoms with Crippen LogP contribution in [0, 0.1) is 10.5 Å². The van der Waals surface area contributed by atoms with Gasteiger partial charge in [0, 0.05) is 32.4 Å². The molecule has 1 aromatic rings. The van der Waals surface area contributed by atoms with E-state index in [4.69, 9.17) is 4.74 Å². The molecule has 0 bridgehead atoms. The molecule has 0 aromatic carbocycles. The van der Waals surface area contributed by atoms with Gasteiger partial charge in [-0.25, -0.2) is 4.98 Å². The number of nitrogens with zero attached hydrogens (tertiary/aromatic N) is 3. The number of hydrogen-bond acceptors (Lipinski definition) is 4. The number of aromatic nitrogens is 2. The minimum atomic E-state index is 0.0614. The molecule has 0 N–H and O–H groups in total. The maximum Gasteiger partial charge on any atom is 0.266 e. The number of halogens is 1. The van der Waals surface area contributed by atoms with E-state index < -0.39 is 0 Å². The maximum atomic E-state index is 11.9. The summed E-state index contributed by atoms with van der Waals surface area (Å²) in [6.45, 7) is 6.93. The van der Waals surface area contributed by atoms with Crippen molar-refractivity contribution in [3.05, 3.63) is 25.9 Å². The van der Waals surface area contributed by atoms with Crippen LogP contribution < -0.4 is 5.56 Å². The van der Waals surface area contributed by atoms with E-state index in [0.717, 1.165) is 38.7 Å². The lowest BCUT2D eigenvalue weighted by Crippen LogP contribution is -2.40. The van der Waals surface area contributed by atoms with E-state index in [1.165, 1.54) is 0 Å². The zero-order valence-corrected chi connectivity index (χ0v) is 12.0. The summed E-state index contributed by atoms with van der Waals surface area (Å²) in [5.74, 6) is 0.781. The Bertz CT molecular complexity index is 441. The second-order valence-corrected chi connectivity index (χ2v) is 5.23. The van der Waals surface area contributed by atoms with Crippen molar-refractivity contribution in [2.24, 2.45) is 0 Å². The van der Waals surface area contributed by atoms with Gasteiger partial charge in [0.15, 0.2) is 0 Å². The second-order valence-electron chi connectivity index (χ2n) is 4.06. The van der Waals surface area contributed by atoms with Crippen LogP contribution in [-0.2, 0) is 11.3 Å². The molecule has 1 aliphatic rings. The topological polar surface area (TPSA) is 47.4 Å². The van der Waals surface area contributed by atoms with Crippen molar-refractivity contribution in [1.29, 1.82) is 0 Å². The summed E-state index contributed by atoms with van der Waals surface area (Å²) in [4.78, 5) is 18.5. The van der Waals surface area contributed by atoms with Crippen LogP contribution in [0.5, 0.6) is 0 Å². The first kappa shape index (κ1) is 13.0. The third-order valence-corrected chi connectivity index (χ3v) is 3.69. The largest absolute Gasteiger partial charge is 0.379 e. The molecule has 2 rings (SSSR count). The molecule has 0 saturated carbocycles. The molecule has 0 unspecified atom stereocenters. The van der Waals surface area contributed by atoms with Crippen molar-refractivity contribution in [3.8, 4) is 0 Å². The summed E-state index contributed by atoms with van der Waals surface area (Å²) in [5.41, 5.74) is 0.0614. The molecule has 2 heterocycles. The number of aryl methyl sites for hydroxylation is 1. The van der Waals surface area contributed by atoms with E-state index in [1.54, 1.807) is 10.8 Å². The van der Waals surface area contributed by atoms with Gasteiger partial charge < -0.3 is 4.74 Å². The van der Waals surface area contributed by atoms with Crippen molar-refractivity contribution in [3.63, 3.8) is 0 Å². The predicted molar refractivity (Wildman–Crippen MR) is 73.2 cm³/mol. The highest BCUT2D eigenvalue weighted by molar-refractivity contribution is 14.1. The van der Waals surface area contributed by atoms with Crippen LogP contribution in [0.1, 0.15) is 5.82 Å². The Hall–Kier alpha value is -0.470. The molecule has 1 saturated heterocycles. The minimum Gasteiger partial charge on any atom is -0.379 e. The van der Waals surface area contributed by atoms with E-state index in [2.05, 4.69) is 9.88 Å². The molecule has 0 radical (unpaired) electrons. The first-order valence-corrected chi connectivity index (χ1v) is 6.78. The number of morpholine rings is 1. The fourth-order valence-electron chi connectivity index (χ4n) is 1.88. The van der Waals surface area contributed by atoms with Crippen molar-refractivity contribution < 1.29 is 4.74 Å². The van der Waals surface area contributed by atoms with Gasteiger partial charge in [0.25, 0.3) is 5.56 Å². The molecule has 1 aliphatic heterocycles. The van der Waals surface area contributed by atoms with E-state index in [0.29, 0.717) is 10.1 Å². The number of rotatable bonds is 3. The standard InChI is InChI=1S/C11H16IN3O2/c1-9-13-8-10(12)11(16)15(9)3-2-14-4-6-17-7-5-14/h8H,2-7H2,1H3. The van der Waals surface area contributed by atoms with Crippen LogP contribution >= 0.6 is 22.6 Å². The van der Waals surface area contributed by atoms with E-state index >= 15 is 0 Å². The van der Waals surface area contributed by atoms with Crippen molar-refractivity contribution in [2.75, 3.05) is 32.8 Å². The van der Waals surface area contributed by atoms with E-state index in [-0.39, 0.29) is 5.56 Å². The molecule has 5 nitrogen and oxygen atoms in total. The van der Waals surface area contributed by atoms with Gasteiger partial charge in [0.2, 0.25) is 0 Å². The van der Waals surface area contributed by atoms with E-state index in [1.807, 2.05) is 29.5 Å². The molecule has 0 atom stereocenters. The van der Waals surface area contributed by atoms with Gasteiger partial charge in [-0.3, -0.25) is 14.3 Å². The third-order valence-electron chi connectivity index (χ3n) is 2.95. The molecular formula is C11H16IN3O2. The first-order chi connectivity index (χ1) is 8.18. The average molecular weight is 349 g/mol. The predicted octanol–water partition coefficient (Wildman–Crippen LogP) is 0.489. The Morgan fingerprint density at radius 1 is 1.41 bits per heavy atom. The molecule has 17 heavy (non-hydrogen) atoms. The smallest absolute Gasteiger partial charge is 0.266 e. The van der Waals surface area contributed by atoms with Gasteiger partial charge in [-0.15, -0.1) is 0 Å². The molecule has 94 valence electrons. The monoisotopic (exact) mass is 349 g/mol. The summed E-state index contributed by atoms with van der Waals surface area (Å²) in [6, 6.07) is 0. The normalized spacial score (nSPS) is 17.3. The fourth-order valence-corrected chi connectivity index (χ4v) is 2.31. The highest BCUT2D eigenvalue weighted by Crippen LogP contribution is 2.00. The molecule has 0 aliphatic carbocycles. The molecule has 1 fully saturated rings. The quantitative estimate of drug-likeness (QED) is 0.746. The van der Waals surface area contributed by atoms with Crippen LogP contribution in [0.15, 0.2) is 11.0 Å². The van der Waals surface area contributed by atoms with Gasteiger partial charge in [-0.1, -0.05) is 0 Å². The summed E-state index contributed by atoms with van der Waals surface area (Å²) in [7, 11) is 0. The maximum absolute atomic E-state index is 11.9. The molecule has 0 amide bonds.